The number of benzene rings is 1. The van der Waals surface area contributed by atoms with E-state index in [4.69, 9.17) is 5.73 Å². The maximum absolute atomic E-state index is 11.7. The van der Waals surface area contributed by atoms with Crippen LogP contribution < -0.4 is 11.1 Å². The lowest BCUT2D eigenvalue weighted by molar-refractivity contribution is -0.121. The summed E-state index contributed by atoms with van der Waals surface area (Å²) in [6, 6.07) is 6.68. The van der Waals surface area contributed by atoms with E-state index in [0.29, 0.717) is 6.42 Å². The Kier molecular flexibility index (Phi) is 8.51. The molecule has 0 radical (unpaired) electrons. The fourth-order valence-corrected chi connectivity index (χ4v) is 2.16. The van der Waals surface area contributed by atoms with E-state index in [1.807, 2.05) is 13.8 Å². The highest BCUT2D eigenvalue weighted by atomic mass is 35.5. The molecular formula is C16H27ClN2O. The topological polar surface area (TPSA) is 55.1 Å². The number of carbonyl (C=O) groups is 1. The maximum Gasteiger partial charge on any atom is 0.220 e. The molecule has 0 aromatic heterocycles. The Morgan fingerprint density at radius 1 is 1.30 bits per heavy atom. The molecule has 114 valence electrons. The number of amides is 1. The fourth-order valence-electron chi connectivity index (χ4n) is 2.16. The highest BCUT2D eigenvalue weighted by molar-refractivity contribution is 5.85. The average molecular weight is 299 g/mol. The molecule has 0 saturated heterocycles. The SMILES string of the molecule is Cc1ccc(CC(C)NC(=O)CCC(C)N)c(C)c1.Cl. The Morgan fingerprint density at radius 3 is 2.50 bits per heavy atom. The largest absolute Gasteiger partial charge is 0.353 e. The van der Waals surface area contributed by atoms with Crippen LogP contribution in [0, 0.1) is 13.8 Å². The smallest absolute Gasteiger partial charge is 0.220 e. The molecule has 2 atom stereocenters. The highest BCUT2D eigenvalue weighted by Gasteiger charge is 2.10. The van der Waals surface area contributed by atoms with Gasteiger partial charge in [-0.05, 0) is 51.7 Å². The number of nitrogens with two attached hydrogens (primary N) is 1. The summed E-state index contributed by atoms with van der Waals surface area (Å²) in [6.07, 6.45) is 2.12. The first-order valence-electron chi connectivity index (χ1n) is 6.99. The van der Waals surface area contributed by atoms with Gasteiger partial charge >= 0.3 is 0 Å². The Labute approximate surface area is 128 Å². The summed E-state index contributed by atoms with van der Waals surface area (Å²) in [6.45, 7) is 8.18. The van der Waals surface area contributed by atoms with E-state index in [0.717, 1.165) is 12.8 Å². The van der Waals surface area contributed by atoms with Gasteiger partial charge in [-0.15, -0.1) is 12.4 Å². The Morgan fingerprint density at radius 2 is 1.95 bits per heavy atom. The molecule has 20 heavy (non-hydrogen) atoms. The van der Waals surface area contributed by atoms with Gasteiger partial charge in [0.25, 0.3) is 0 Å². The van der Waals surface area contributed by atoms with Gasteiger partial charge in [-0.1, -0.05) is 23.8 Å². The second-order valence-electron chi connectivity index (χ2n) is 5.62. The van der Waals surface area contributed by atoms with Crippen LogP contribution in [0.25, 0.3) is 0 Å². The van der Waals surface area contributed by atoms with Crippen molar-refractivity contribution in [1.29, 1.82) is 0 Å². The summed E-state index contributed by atoms with van der Waals surface area (Å²) in [5, 5.41) is 3.03. The minimum absolute atomic E-state index is 0. The normalized spacial score (nSPS) is 13.2. The van der Waals surface area contributed by atoms with E-state index >= 15 is 0 Å². The number of halogens is 1. The monoisotopic (exact) mass is 298 g/mol. The van der Waals surface area contributed by atoms with Gasteiger partial charge in [0.15, 0.2) is 0 Å². The van der Waals surface area contributed by atoms with E-state index in [2.05, 4.69) is 37.4 Å². The molecule has 0 aliphatic rings. The van der Waals surface area contributed by atoms with Gasteiger partial charge in [0.05, 0.1) is 0 Å². The maximum atomic E-state index is 11.7. The van der Waals surface area contributed by atoms with Crippen LogP contribution in [0.5, 0.6) is 0 Å². The summed E-state index contributed by atoms with van der Waals surface area (Å²) in [4.78, 5) is 11.7. The molecule has 2 unspecified atom stereocenters. The molecule has 0 bridgehead atoms. The molecule has 1 rings (SSSR count). The van der Waals surface area contributed by atoms with Crippen molar-refractivity contribution in [2.45, 2.75) is 59.0 Å². The van der Waals surface area contributed by atoms with E-state index < -0.39 is 0 Å². The molecule has 0 aliphatic heterocycles. The van der Waals surface area contributed by atoms with Crippen LogP contribution in [0.1, 0.15) is 43.4 Å². The predicted octanol–water partition coefficient (Wildman–Crippen LogP) is 2.90. The molecule has 3 N–H and O–H groups in total. The van der Waals surface area contributed by atoms with Crippen molar-refractivity contribution in [3.05, 3.63) is 34.9 Å². The summed E-state index contributed by atoms with van der Waals surface area (Å²) >= 11 is 0. The van der Waals surface area contributed by atoms with E-state index in [9.17, 15) is 4.79 Å². The molecule has 0 fully saturated rings. The van der Waals surface area contributed by atoms with Gasteiger partial charge in [-0.2, -0.15) is 0 Å². The van der Waals surface area contributed by atoms with Crippen LogP contribution in [0.2, 0.25) is 0 Å². The van der Waals surface area contributed by atoms with E-state index in [-0.39, 0.29) is 30.4 Å². The zero-order valence-corrected chi connectivity index (χ0v) is 13.7. The molecular weight excluding hydrogens is 272 g/mol. The lowest BCUT2D eigenvalue weighted by Crippen LogP contribution is -2.34. The molecule has 1 amide bonds. The minimum Gasteiger partial charge on any atom is -0.353 e. The first-order chi connectivity index (χ1) is 8.88. The summed E-state index contributed by atoms with van der Waals surface area (Å²) in [7, 11) is 0. The third kappa shape index (κ3) is 6.92. The van der Waals surface area contributed by atoms with E-state index in [1.165, 1.54) is 16.7 Å². The highest BCUT2D eigenvalue weighted by Crippen LogP contribution is 2.12. The fraction of sp³-hybridized carbons (Fsp3) is 0.562. The summed E-state index contributed by atoms with van der Waals surface area (Å²) < 4.78 is 0. The van der Waals surface area contributed by atoms with Crippen molar-refractivity contribution in [1.82, 2.24) is 5.32 Å². The van der Waals surface area contributed by atoms with Crippen molar-refractivity contribution < 1.29 is 4.79 Å². The van der Waals surface area contributed by atoms with Gasteiger partial charge in [-0.3, -0.25) is 4.79 Å². The van der Waals surface area contributed by atoms with Crippen LogP contribution in [0.15, 0.2) is 18.2 Å². The number of hydrogen-bond donors (Lipinski definition) is 2. The van der Waals surface area contributed by atoms with Gasteiger partial charge in [0, 0.05) is 18.5 Å². The first kappa shape index (κ1) is 18.9. The molecule has 0 aliphatic carbocycles. The number of rotatable bonds is 6. The summed E-state index contributed by atoms with van der Waals surface area (Å²) in [5.41, 5.74) is 9.51. The first-order valence-corrected chi connectivity index (χ1v) is 6.99. The molecule has 4 heteroatoms. The third-order valence-electron chi connectivity index (χ3n) is 3.26. The molecule has 0 spiro atoms. The number of hydrogen-bond acceptors (Lipinski definition) is 2. The van der Waals surface area contributed by atoms with Crippen molar-refractivity contribution in [2.75, 3.05) is 0 Å². The number of nitrogens with one attached hydrogen (secondary N) is 1. The van der Waals surface area contributed by atoms with Gasteiger partial charge in [0.2, 0.25) is 5.91 Å². The van der Waals surface area contributed by atoms with Crippen LogP contribution in [-0.4, -0.2) is 18.0 Å². The van der Waals surface area contributed by atoms with Crippen molar-refractivity contribution in [3.63, 3.8) is 0 Å². The zero-order valence-electron chi connectivity index (χ0n) is 12.9. The average Bonchev–Trinajstić information content (AvgIpc) is 2.30. The predicted molar refractivity (Wildman–Crippen MR) is 87.4 cm³/mol. The summed E-state index contributed by atoms with van der Waals surface area (Å²) in [5.74, 6) is 0.0922. The van der Waals surface area contributed by atoms with Gasteiger partial charge in [0.1, 0.15) is 0 Å². The molecule has 1 aromatic carbocycles. The molecule has 0 saturated carbocycles. The lowest BCUT2D eigenvalue weighted by Gasteiger charge is -2.16. The standard InChI is InChI=1S/C16H26N2O.ClH/c1-11-5-7-15(12(2)9-11)10-14(4)18-16(19)8-6-13(3)17;/h5,7,9,13-14H,6,8,10,17H2,1-4H3,(H,18,19);1H. The van der Waals surface area contributed by atoms with Crippen LogP contribution in [0.4, 0.5) is 0 Å². The van der Waals surface area contributed by atoms with Crippen LogP contribution in [0.3, 0.4) is 0 Å². The second-order valence-corrected chi connectivity index (χ2v) is 5.62. The number of carbonyl (C=O) groups excluding carboxylic acids is 1. The third-order valence-corrected chi connectivity index (χ3v) is 3.26. The van der Waals surface area contributed by atoms with Crippen molar-refractivity contribution in [2.24, 2.45) is 5.73 Å². The van der Waals surface area contributed by atoms with Gasteiger partial charge in [-0.25, -0.2) is 0 Å². The Bertz CT molecular complexity index is 432. The van der Waals surface area contributed by atoms with Crippen molar-refractivity contribution >= 4 is 18.3 Å². The van der Waals surface area contributed by atoms with Crippen molar-refractivity contribution in [3.8, 4) is 0 Å². The minimum atomic E-state index is 0. The Hall–Kier alpha value is -1.06. The van der Waals surface area contributed by atoms with E-state index in [1.54, 1.807) is 0 Å². The quantitative estimate of drug-likeness (QED) is 0.848. The number of aryl methyl sites for hydroxylation is 2. The zero-order chi connectivity index (χ0) is 14.4. The van der Waals surface area contributed by atoms with Gasteiger partial charge < -0.3 is 11.1 Å². The molecule has 1 aromatic rings. The molecule has 3 nitrogen and oxygen atoms in total. The van der Waals surface area contributed by atoms with Crippen LogP contribution >= 0.6 is 12.4 Å². The Balaban J connectivity index is 0.00000361. The lowest BCUT2D eigenvalue weighted by atomic mass is 10.00. The molecule has 0 heterocycles. The second kappa shape index (κ2) is 8.98. The van der Waals surface area contributed by atoms with Crippen LogP contribution in [-0.2, 0) is 11.2 Å².